The first-order valence-corrected chi connectivity index (χ1v) is 8.98. The van der Waals surface area contributed by atoms with Crippen LogP contribution in [0.3, 0.4) is 0 Å². The standard InChI is InChI=1S/C20H17N3O2S/c1-12-22-8-9-23(12)19-7-6-18(26-19)14-3-2-13(10-14)16-5-4-15(20(24)25)11-17(16)21/h2-9,11H,10,21H2,1H3,(H,24,25). The Labute approximate surface area is 154 Å². The van der Waals surface area contributed by atoms with Crippen molar-refractivity contribution < 1.29 is 9.90 Å². The molecule has 0 amide bonds. The van der Waals surface area contributed by atoms with Gasteiger partial charge >= 0.3 is 5.97 Å². The quantitative estimate of drug-likeness (QED) is 0.674. The number of imidazole rings is 1. The molecule has 0 saturated carbocycles. The number of nitrogen functional groups attached to an aromatic ring is 1. The van der Waals surface area contributed by atoms with Crippen LogP contribution in [0.15, 0.2) is 54.9 Å². The number of aromatic nitrogens is 2. The third kappa shape index (κ3) is 2.84. The zero-order valence-electron chi connectivity index (χ0n) is 14.1. The van der Waals surface area contributed by atoms with Crippen LogP contribution in [-0.4, -0.2) is 20.6 Å². The lowest BCUT2D eigenvalue weighted by atomic mass is 9.99. The molecular weight excluding hydrogens is 346 g/mol. The van der Waals surface area contributed by atoms with Crippen molar-refractivity contribution in [3.8, 4) is 5.00 Å². The molecule has 130 valence electrons. The van der Waals surface area contributed by atoms with E-state index in [-0.39, 0.29) is 5.56 Å². The number of carboxylic acid groups (broad SMARTS) is 1. The molecule has 6 heteroatoms. The normalized spacial score (nSPS) is 13.6. The maximum Gasteiger partial charge on any atom is 0.335 e. The molecule has 0 aliphatic heterocycles. The van der Waals surface area contributed by atoms with Crippen molar-refractivity contribution in [2.75, 3.05) is 5.73 Å². The summed E-state index contributed by atoms with van der Waals surface area (Å²) in [6.07, 6.45) is 8.70. The number of carbonyl (C=O) groups is 1. The highest BCUT2D eigenvalue weighted by atomic mass is 32.1. The van der Waals surface area contributed by atoms with Gasteiger partial charge in [0.05, 0.1) is 5.56 Å². The molecule has 2 heterocycles. The summed E-state index contributed by atoms with van der Waals surface area (Å²) < 4.78 is 2.07. The molecule has 3 aromatic rings. The van der Waals surface area contributed by atoms with E-state index in [1.807, 2.05) is 13.1 Å². The Morgan fingerprint density at radius 2 is 2.04 bits per heavy atom. The van der Waals surface area contributed by atoms with Crippen LogP contribution >= 0.6 is 11.3 Å². The minimum Gasteiger partial charge on any atom is -0.478 e. The first-order valence-electron chi connectivity index (χ1n) is 8.16. The molecule has 1 aliphatic carbocycles. The Balaban J connectivity index is 1.55. The second-order valence-electron chi connectivity index (χ2n) is 6.15. The number of nitrogens with two attached hydrogens (primary N) is 1. The fraction of sp³-hybridized carbons (Fsp3) is 0.100. The molecule has 0 spiro atoms. The number of anilines is 1. The van der Waals surface area contributed by atoms with E-state index < -0.39 is 5.97 Å². The zero-order valence-corrected chi connectivity index (χ0v) is 15.0. The van der Waals surface area contributed by atoms with Gasteiger partial charge in [-0.15, -0.1) is 11.3 Å². The fourth-order valence-corrected chi connectivity index (χ4v) is 4.17. The van der Waals surface area contributed by atoms with Gasteiger partial charge in [-0.1, -0.05) is 18.2 Å². The largest absolute Gasteiger partial charge is 0.478 e. The number of allylic oxidation sites excluding steroid dienone is 4. The van der Waals surface area contributed by atoms with Crippen LogP contribution < -0.4 is 5.73 Å². The summed E-state index contributed by atoms with van der Waals surface area (Å²) in [5.74, 6) is -0.00714. The van der Waals surface area contributed by atoms with Gasteiger partial charge in [-0.25, -0.2) is 9.78 Å². The van der Waals surface area contributed by atoms with Crippen molar-refractivity contribution in [3.63, 3.8) is 0 Å². The number of benzene rings is 1. The number of aryl methyl sites for hydroxylation is 1. The molecule has 0 bridgehead atoms. The van der Waals surface area contributed by atoms with Crippen LogP contribution in [0.25, 0.3) is 16.1 Å². The van der Waals surface area contributed by atoms with Crippen molar-refractivity contribution in [1.82, 2.24) is 9.55 Å². The van der Waals surface area contributed by atoms with E-state index in [1.54, 1.807) is 29.7 Å². The third-order valence-corrected chi connectivity index (χ3v) is 5.64. The lowest BCUT2D eigenvalue weighted by molar-refractivity contribution is 0.0697. The van der Waals surface area contributed by atoms with Crippen LogP contribution in [0, 0.1) is 6.92 Å². The number of thiophene rings is 1. The molecular formula is C20H17N3O2S. The number of carboxylic acids is 1. The summed E-state index contributed by atoms with van der Waals surface area (Å²) in [6.45, 7) is 1.98. The minimum absolute atomic E-state index is 0.205. The van der Waals surface area contributed by atoms with Gasteiger partial charge in [0.25, 0.3) is 0 Å². The summed E-state index contributed by atoms with van der Waals surface area (Å²) in [7, 11) is 0. The highest BCUT2D eigenvalue weighted by Crippen LogP contribution is 2.39. The van der Waals surface area contributed by atoms with Gasteiger partial charge in [-0.3, -0.25) is 4.57 Å². The number of hydrogen-bond donors (Lipinski definition) is 2. The molecule has 26 heavy (non-hydrogen) atoms. The van der Waals surface area contributed by atoms with Crippen LogP contribution in [0.5, 0.6) is 0 Å². The molecule has 0 saturated heterocycles. The highest BCUT2D eigenvalue weighted by Gasteiger charge is 2.17. The van der Waals surface area contributed by atoms with Crippen LogP contribution in [0.2, 0.25) is 0 Å². The van der Waals surface area contributed by atoms with Crippen LogP contribution in [0.1, 0.15) is 33.0 Å². The van der Waals surface area contributed by atoms with E-state index in [4.69, 9.17) is 10.8 Å². The predicted octanol–water partition coefficient (Wildman–Crippen LogP) is 4.39. The average Bonchev–Trinajstić information content (AvgIpc) is 3.33. The lowest BCUT2D eigenvalue weighted by Crippen LogP contribution is -2.00. The van der Waals surface area contributed by atoms with E-state index >= 15 is 0 Å². The first-order chi connectivity index (χ1) is 12.5. The number of hydrogen-bond acceptors (Lipinski definition) is 4. The minimum atomic E-state index is -0.969. The summed E-state index contributed by atoms with van der Waals surface area (Å²) in [5, 5.41) is 10.2. The van der Waals surface area contributed by atoms with Crippen molar-refractivity contribution in [3.05, 3.63) is 76.7 Å². The molecule has 0 radical (unpaired) electrons. The molecule has 1 aromatic carbocycles. The monoisotopic (exact) mass is 363 g/mol. The summed E-state index contributed by atoms with van der Waals surface area (Å²) >= 11 is 1.72. The molecule has 0 unspecified atom stereocenters. The van der Waals surface area contributed by atoms with Gasteiger partial charge in [-0.2, -0.15) is 0 Å². The second-order valence-corrected chi connectivity index (χ2v) is 7.21. The number of nitrogens with zero attached hydrogens (tertiary/aromatic N) is 2. The topological polar surface area (TPSA) is 81.1 Å². The molecule has 2 aromatic heterocycles. The molecule has 3 N–H and O–H groups in total. The maximum absolute atomic E-state index is 11.1. The van der Waals surface area contributed by atoms with E-state index in [0.717, 1.165) is 28.4 Å². The van der Waals surface area contributed by atoms with Gasteiger partial charge in [0.15, 0.2) is 0 Å². The van der Waals surface area contributed by atoms with Gasteiger partial charge < -0.3 is 10.8 Å². The fourth-order valence-electron chi connectivity index (χ4n) is 3.11. The second kappa shape index (κ2) is 6.31. The Bertz CT molecular complexity index is 1070. The van der Waals surface area contributed by atoms with Crippen molar-refractivity contribution >= 4 is 34.1 Å². The maximum atomic E-state index is 11.1. The van der Waals surface area contributed by atoms with Crippen molar-refractivity contribution in [1.29, 1.82) is 0 Å². The average molecular weight is 363 g/mol. The molecule has 0 atom stereocenters. The highest BCUT2D eigenvalue weighted by molar-refractivity contribution is 7.15. The van der Waals surface area contributed by atoms with Crippen molar-refractivity contribution in [2.45, 2.75) is 13.3 Å². The molecule has 5 nitrogen and oxygen atoms in total. The predicted molar refractivity (Wildman–Crippen MR) is 105 cm³/mol. The molecule has 0 fully saturated rings. The van der Waals surface area contributed by atoms with Crippen molar-refractivity contribution in [2.24, 2.45) is 0 Å². The summed E-state index contributed by atoms with van der Waals surface area (Å²) in [4.78, 5) is 16.5. The Kier molecular flexibility index (Phi) is 3.97. The lowest BCUT2D eigenvalue weighted by Gasteiger charge is -2.09. The van der Waals surface area contributed by atoms with Gasteiger partial charge in [0.1, 0.15) is 10.8 Å². The van der Waals surface area contributed by atoms with Gasteiger partial charge in [-0.05, 0) is 48.8 Å². The van der Waals surface area contributed by atoms with Gasteiger partial charge in [0.2, 0.25) is 0 Å². The van der Waals surface area contributed by atoms with Crippen LogP contribution in [0.4, 0.5) is 5.69 Å². The Morgan fingerprint density at radius 3 is 2.73 bits per heavy atom. The first kappa shape index (κ1) is 16.4. The van der Waals surface area contributed by atoms with Gasteiger partial charge in [0, 0.05) is 28.5 Å². The van der Waals surface area contributed by atoms with E-state index in [9.17, 15) is 4.79 Å². The van der Waals surface area contributed by atoms with E-state index in [1.165, 1.54) is 16.5 Å². The number of rotatable bonds is 4. The number of aromatic carboxylic acids is 1. The SMILES string of the molecule is Cc1nccn1-c1ccc(C2=CC=C(c3ccc(C(=O)O)cc3N)C2)s1. The van der Waals surface area contributed by atoms with Crippen LogP contribution in [-0.2, 0) is 0 Å². The summed E-state index contributed by atoms with van der Waals surface area (Å²) in [6, 6.07) is 9.12. The third-order valence-electron chi connectivity index (χ3n) is 4.48. The summed E-state index contributed by atoms with van der Waals surface area (Å²) in [5.41, 5.74) is 10.00. The smallest absolute Gasteiger partial charge is 0.335 e. The molecule has 1 aliphatic rings. The zero-order chi connectivity index (χ0) is 18.3. The molecule has 4 rings (SSSR count). The van der Waals surface area contributed by atoms with E-state index in [0.29, 0.717) is 5.69 Å². The van der Waals surface area contributed by atoms with E-state index in [2.05, 4.69) is 33.8 Å². The Hall–Kier alpha value is -3.12. The Morgan fingerprint density at radius 1 is 1.23 bits per heavy atom.